The fraction of sp³-hybridized carbons (Fsp3) is 0.438. The molecule has 4 heteroatoms. The molecular formula is C16H22N2O2. The SMILES string of the molecule is CC(C)N(C)CCNC(=O)c1ccc(C#CCO)cc1. The highest BCUT2D eigenvalue weighted by atomic mass is 16.2. The molecule has 0 atom stereocenters. The molecule has 4 nitrogen and oxygen atoms in total. The van der Waals surface area contributed by atoms with Gasteiger partial charge in [-0.25, -0.2) is 0 Å². The van der Waals surface area contributed by atoms with Crippen molar-refractivity contribution in [3.05, 3.63) is 35.4 Å². The zero-order valence-corrected chi connectivity index (χ0v) is 12.3. The number of aliphatic hydroxyl groups is 1. The van der Waals surface area contributed by atoms with E-state index in [2.05, 4.69) is 35.9 Å². The van der Waals surface area contributed by atoms with Gasteiger partial charge in [0.2, 0.25) is 0 Å². The standard InChI is InChI=1S/C16H22N2O2/c1-13(2)18(3)11-10-17-16(20)15-8-6-14(7-9-15)5-4-12-19/h6-9,13,19H,10-12H2,1-3H3,(H,17,20). The van der Waals surface area contributed by atoms with Crippen LogP contribution in [0.2, 0.25) is 0 Å². The smallest absolute Gasteiger partial charge is 0.251 e. The van der Waals surface area contributed by atoms with Crippen molar-refractivity contribution in [3.63, 3.8) is 0 Å². The van der Waals surface area contributed by atoms with Crippen LogP contribution in [0.25, 0.3) is 0 Å². The largest absolute Gasteiger partial charge is 0.384 e. The van der Waals surface area contributed by atoms with Crippen LogP contribution in [0.1, 0.15) is 29.8 Å². The number of nitrogens with zero attached hydrogens (tertiary/aromatic N) is 1. The van der Waals surface area contributed by atoms with Gasteiger partial charge in [0.05, 0.1) is 0 Å². The Morgan fingerprint density at radius 2 is 2.00 bits per heavy atom. The van der Waals surface area contributed by atoms with Gasteiger partial charge in [-0.1, -0.05) is 11.8 Å². The van der Waals surface area contributed by atoms with Gasteiger partial charge in [0.15, 0.2) is 0 Å². The van der Waals surface area contributed by atoms with Crippen molar-refractivity contribution >= 4 is 5.91 Å². The summed E-state index contributed by atoms with van der Waals surface area (Å²) in [5.74, 6) is 5.28. The third-order valence-electron chi connectivity index (χ3n) is 3.09. The lowest BCUT2D eigenvalue weighted by Gasteiger charge is -2.20. The van der Waals surface area contributed by atoms with Crippen molar-refractivity contribution in [2.75, 3.05) is 26.7 Å². The third kappa shape index (κ3) is 5.43. The van der Waals surface area contributed by atoms with Gasteiger partial charge in [-0.05, 0) is 45.2 Å². The Balaban J connectivity index is 2.48. The second kappa shape index (κ2) is 8.36. The number of nitrogens with one attached hydrogen (secondary N) is 1. The summed E-state index contributed by atoms with van der Waals surface area (Å²) in [6.45, 7) is 5.52. The van der Waals surface area contributed by atoms with Crippen LogP contribution in [0.5, 0.6) is 0 Å². The lowest BCUT2D eigenvalue weighted by molar-refractivity contribution is 0.0948. The Morgan fingerprint density at radius 1 is 1.35 bits per heavy atom. The molecule has 0 aliphatic rings. The number of carbonyl (C=O) groups excluding carboxylic acids is 1. The Morgan fingerprint density at radius 3 is 2.55 bits per heavy atom. The van der Waals surface area contributed by atoms with Crippen LogP contribution in [0.3, 0.4) is 0 Å². The van der Waals surface area contributed by atoms with E-state index in [-0.39, 0.29) is 12.5 Å². The van der Waals surface area contributed by atoms with Gasteiger partial charge in [-0.3, -0.25) is 4.79 Å². The number of likely N-dealkylation sites (N-methyl/N-ethyl adjacent to an activating group) is 1. The molecule has 1 aromatic rings. The van der Waals surface area contributed by atoms with E-state index in [0.717, 1.165) is 12.1 Å². The normalized spacial score (nSPS) is 10.3. The van der Waals surface area contributed by atoms with Crippen LogP contribution < -0.4 is 5.32 Å². The Kier molecular flexibility index (Phi) is 6.78. The highest BCUT2D eigenvalue weighted by Crippen LogP contribution is 2.03. The average Bonchev–Trinajstić information content (AvgIpc) is 2.45. The summed E-state index contributed by atoms with van der Waals surface area (Å²) in [5, 5.41) is 11.5. The maximum atomic E-state index is 11.9. The minimum atomic E-state index is -0.161. The van der Waals surface area contributed by atoms with Crippen LogP contribution in [-0.2, 0) is 0 Å². The lowest BCUT2D eigenvalue weighted by atomic mass is 10.1. The van der Waals surface area contributed by atoms with E-state index >= 15 is 0 Å². The average molecular weight is 274 g/mol. The van der Waals surface area contributed by atoms with Gasteiger partial charge in [-0.2, -0.15) is 0 Å². The van der Waals surface area contributed by atoms with Crippen LogP contribution in [0.15, 0.2) is 24.3 Å². The number of amides is 1. The summed E-state index contributed by atoms with van der Waals surface area (Å²) < 4.78 is 0. The molecular weight excluding hydrogens is 252 g/mol. The van der Waals surface area contributed by atoms with E-state index in [1.54, 1.807) is 24.3 Å². The number of hydrogen-bond acceptors (Lipinski definition) is 3. The fourth-order valence-electron chi connectivity index (χ4n) is 1.55. The molecule has 1 rings (SSSR count). The van der Waals surface area contributed by atoms with Gasteiger partial charge in [0.25, 0.3) is 5.91 Å². The predicted octanol–water partition coefficient (Wildman–Crippen LogP) is 1.10. The molecule has 0 saturated heterocycles. The highest BCUT2D eigenvalue weighted by Gasteiger charge is 2.06. The van der Waals surface area contributed by atoms with E-state index in [4.69, 9.17) is 5.11 Å². The molecule has 0 aliphatic heterocycles. The molecule has 0 heterocycles. The predicted molar refractivity (Wildman–Crippen MR) is 80.5 cm³/mol. The molecule has 0 saturated carbocycles. The van der Waals surface area contributed by atoms with Crippen molar-refractivity contribution in [1.82, 2.24) is 10.2 Å². The molecule has 2 N–H and O–H groups in total. The van der Waals surface area contributed by atoms with Gasteiger partial charge in [-0.15, -0.1) is 0 Å². The molecule has 20 heavy (non-hydrogen) atoms. The van der Waals surface area contributed by atoms with E-state index in [0.29, 0.717) is 18.2 Å². The molecule has 0 fully saturated rings. The Bertz CT molecular complexity index is 483. The molecule has 1 aromatic carbocycles. The first-order valence-corrected chi connectivity index (χ1v) is 6.73. The number of benzene rings is 1. The maximum Gasteiger partial charge on any atom is 0.251 e. The first-order valence-electron chi connectivity index (χ1n) is 6.73. The van der Waals surface area contributed by atoms with Crippen LogP contribution >= 0.6 is 0 Å². The zero-order chi connectivity index (χ0) is 15.0. The van der Waals surface area contributed by atoms with Crippen LogP contribution in [0.4, 0.5) is 0 Å². The number of aliphatic hydroxyl groups excluding tert-OH is 1. The summed E-state index contributed by atoms with van der Waals surface area (Å²) in [4.78, 5) is 14.1. The summed E-state index contributed by atoms with van der Waals surface area (Å²) in [5.41, 5.74) is 1.40. The first kappa shape index (κ1) is 16.2. The number of rotatable bonds is 5. The van der Waals surface area contributed by atoms with Crippen molar-refractivity contribution in [2.24, 2.45) is 0 Å². The Labute approximate surface area is 120 Å². The van der Waals surface area contributed by atoms with Crippen LogP contribution in [0, 0.1) is 11.8 Å². The van der Waals surface area contributed by atoms with Crippen molar-refractivity contribution in [1.29, 1.82) is 0 Å². The van der Waals surface area contributed by atoms with Crippen LogP contribution in [-0.4, -0.2) is 48.7 Å². The molecule has 0 spiro atoms. The van der Waals surface area contributed by atoms with Crippen molar-refractivity contribution in [3.8, 4) is 11.8 Å². The zero-order valence-electron chi connectivity index (χ0n) is 12.3. The van der Waals surface area contributed by atoms with Gasteiger partial charge in [0.1, 0.15) is 6.61 Å². The highest BCUT2D eigenvalue weighted by molar-refractivity contribution is 5.94. The van der Waals surface area contributed by atoms with E-state index < -0.39 is 0 Å². The Hall–Kier alpha value is -1.83. The molecule has 0 aromatic heterocycles. The monoisotopic (exact) mass is 274 g/mol. The topological polar surface area (TPSA) is 52.6 Å². The second-order valence-electron chi connectivity index (χ2n) is 4.87. The van der Waals surface area contributed by atoms with Crippen molar-refractivity contribution < 1.29 is 9.90 Å². The molecule has 108 valence electrons. The summed E-state index contributed by atoms with van der Waals surface area (Å²) in [6, 6.07) is 7.50. The minimum Gasteiger partial charge on any atom is -0.384 e. The summed E-state index contributed by atoms with van der Waals surface area (Å²) in [7, 11) is 2.03. The molecule has 0 bridgehead atoms. The molecule has 0 aliphatic carbocycles. The number of carbonyl (C=O) groups is 1. The quantitative estimate of drug-likeness (QED) is 0.791. The second-order valence-corrected chi connectivity index (χ2v) is 4.87. The van der Waals surface area contributed by atoms with Gasteiger partial charge in [0, 0.05) is 30.3 Å². The first-order chi connectivity index (χ1) is 9.54. The summed E-state index contributed by atoms with van der Waals surface area (Å²) in [6.07, 6.45) is 0. The summed E-state index contributed by atoms with van der Waals surface area (Å²) >= 11 is 0. The number of hydrogen-bond donors (Lipinski definition) is 2. The third-order valence-corrected chi connectivity index (χ3v) is 3.09. The molecule has 0 unspecified atom stereocenters. The lowest BCUT2D eigenvalue weighted by Crippen LogP contribution is -2.36. The fourth-order valence-corrected chi connectivity index (χ4v) is 1.55. The maximum absolute atomic E-state index is 11.9. The van der Waals surface area contributed by atoms with E-state index in [1.165, 1.54) is 0 Å². The van der Waals surface area contributed by atoms with E-state index in [1.807, 2.05) is 7.05 Å². The van der Waals surface area contributed by atoms with Crippen molar-refractivity contribution in [2.45, 2.75) is 19.9 Å². The molecule has 1 amide bonds. The molecule has 0 radical (unpaired) electrons. The van der Waals surface area contributed by atoms with Gasteiger partial charge < -0.3 is 15.3 Å². The van der Waals surface area contributed by atoms with Gasteiger partial charge >= 0.3 is 0 Å². The van der Waals surface area contributed by atoms with E-state index in [9.17, 15) is 4.79 Å². The minimum absolute atomic E-state index is 0.0798.